The summed E-state index contributed by atoms with van der Waals surface area (Å²) < 4.78 is 77.6. The quantitative estimate of drug-likeness (QED) is 0.582. The average Bonchev–Trinajstić information content (AvgIpc) is 2.89. The van der Waals surface area contributed by atoms with Gasteiger partial charge in [-0.1, -0.05) is 0 Å². The van der Waals surface area contributed by atoms with Gasteiger partial charge in [-0.15, -0.1) is 11.3 Å². The Morgan fingerprint density at radius 3 is 2.20 bits per heavy atom. The molecule has 7 nitrogen and oxygen atoms in total. The summed E-state index contributed by atoms with van der Waals surface area (Å²) in [5.41, 5.74) is 1.38. The van der Waals surface area contributed by atoms with E-state index < -0.39 is 53.9 Å². The molecule has 30 heavy (non-hydrogen) atoms. The van der Waals surface area contributed by atoms with Gasteiger partial charge in [0.2, 0.25) is 9.84 Å². The van der Waals surface area contributed by atoms with Crippen molar-refractivity contribution in [2.75, 3.05) is 5.32 Å². The van der Waals surface area contributed by atoms with Crippen LogP contribution in [0.15, 0.2) is 27.3 Å². The molecule has 13 heteroatoms. The van der Waals surface area contributed by atoms with E-state index in [0.29, 0.717) is 23.5 Å². The molecular formula is C17H16F4N2O5S2. The summed E-state index contributed by atoms with van der Waals surface area (Å²) in [5.74, 6) is -3.72. The third-order valence-corrected chi connectivity index (χ3v) is 7.54. The highest BCUT2D eigenvalue weighted by Gasteiger charge is 2.35. The second kappa shape index (κ2) is 7.63. The Morgan fingerprint density at radius 1 is 1.20 bits per heavy atom. The Balaban J connectivity index is 2.65. The zero-order chi connectivity index (χ0) is 23.2. The zero-order valence-electron chi connectivity index (χ0n) is 15.7. The number of nitrogens with one attached hydrogen (secondary N) is 1. The van der Waals surface area contributed by atoms with E-state index in [1.165, 1.54) is 6.92 Å². The molecule has 0 radical (unpaired) electrons. The molecule has 2 aromatic rings. The number of hydrogen-bond donors (Lipinski definition) is 3. The first-order valence-corrected chi connectivity index (χ1v) is 10.4. The van der Waals surface area contributed by atoms with Crippen LogP contribution in [-0.2, 0) is 20.8 Å². The van der Waals surface area contributed by atoms with Gasteiger partial charge in [0.1, 0.15) is 25.5 Å². The third kappa shape index (κ3) is 4.47. The highest BCUT2D eigenvalue weighted by molar-refractivity contribution is 7.93. The second-order valence-electron chi connectivity index (χ2n) is 6.74. The smallest absolute Gasteiger partial charge is 0.381 e. The first-order chi connectivity index (χ1) is 13.5. The van der Waals surface area contributed by atoms with E-state index in [-0.39, 0.29) is 22.2 Å². The first-order valence-electron chi connectivity index (χ1n) is 8.06. The lowest BCUT2D eigenvalue weighted by Crippen LogP contribution is -2.37. The molecule has 0 saturated heterocycles. The molecule has 2 amide bonds. The van der Waals surface area contributed by atoms with Gasteiger partial charge in [0.05, 0.1) is 11.1 Å². The van der Waals surface area contributed by atoms with Gasteiger partial charge in [0.15, 0.2) is 0 Å². The van der Waals surface area contributed by atoms with Crippen LogP contribution in [0.1, 0.15) is 35.3 Å². The highest BCUT2D eigenvalue weighted by atomic mass is 32.2. The fourth-order valence-electron chi connectivity index (χ4n) is 2.38. The van der Waals surface area contributed by atoms with Crippen LogP contribution in [0.25, 0.3) is 0 Å². The minimum atomic E-state index is -4.88. The molecule has 4 N–H and O–H groups in total. The lowest BCUT2D eigenvalue weighted by molar-refractivity contribution is -0.137. The molecule has 0 aliphatic heterocycles. The lowest BCUT2D eigenvalue weighted by Gasteiger charge is -2.16. The number of carbonyl (C=O) groups excluding carboxylic acids is 2. The van der Waals surface area contributed by atoms with Crippen LogP contribution in [0.3, 0.4) is 0 Å². The van der Waals surface area contributed by atoms with Crippen molar-refractivity contribution in [3.8, 4) is 0 Å². The van der Waals surface area contributed by atoms with Crippen LogP contribution in [0, 0.1) is 12.7 Å². The van der Waals surface area contributed by atoms with Crippen LogP contribution in [0.4, 0.5) is 22.6 Å². The van der Waals surface area contributed by atoms with Crippen molar-refractivity contribution in [3.05, 3.63) is 40.7 Å². The fraction of sp³-hybridized carbons (Fsp3) is 0.294. The molecule has 0 aliphatic carbocycles. The Kier molecular flexibility index (Phi) is 6.05. The predicted octanol–water partition coefficient (Wildman–Crippen LogP) is 2.86. The van der Waals surface area contributed by atoms with Crippen molar-refractivity contribution < 1.29 is 40.7 Å². The van der Waals surface area contributed by atoms with Crippen molar-refractivity contribution in [3.63, 3.8) is 0 Å². The Bertz CT molecular complexity index is 1130. The van der Waals surface area contributed by atoms with Gasteiger partial charge in [0.25, 0.3) is 11.8 Å². The minimum Gasteiger partial charge on any atom is -0.381 e. The van der Waals surface area contributed by atoms with Gasteiger partial charge < -0.3 is 16.2 Å². The molecular weight excluding hydrogens is 452 g/mol. The van der Waals surface area contributed by atoms with Gasteiger partial charge in [-0.05, 0) is 44.5 Å². The zero-order valence-corrected chi connectivity index (χ0v) is 17.4. The Morgan fingerprint density at radius 2 is 1.77 bits per heavy atom. The molecule has 0 atom stereocenters. The van der Waals surface area contributed by atoms with Crippen molar-refractivity contribution in [1.29, 1.82) is 0 Å². The molecule has 1 aromatic heterocycles. The summed E-state index contributed by atoms with van der Waals surface area (Å²) in [7, 11) is -4.71. The number of carbonyl (C=O) groups is 2. The average molecular weight is 468 g/mol. The summed E-state index contributed by atoms with van der Waals surface area (Å²) in [6, 6.07) is 0.915. The number of anilines is 1. The van der Waals surface area contributed by atoms with Crippen LogP contribution in [0.5, 0.6) is 0 Å². The topological polar surface area (TPSA) is 127 Å². The van der Waals surface area contributed by atoms with E-state index >= 15 is 0 Å². The maximum atomic E-state index is 14.3. The number of benzene rings is 1. The van der Waals surface area contributed by atoms with Gasteiger partial charge in [-0.3, -0.25) is 9.59 Å². The molecule has 0 bridgehead atoms. The summed E-state index contributed by atoms with van der Waals surface area (Å²) in [6.45, 7) is 3.45. The van der Waals surface area contributed by atoms with Crippen LogP contribution in [0.2, 0.25) is 0 Å². The third-order valence-electron chi connectivity index (χ3n) is 3.92. The van der Waals surface area contributed by atoms with Gasteiger partial charge in [-0.25, -0.2) is 12.8 Å². The summed E-state index contributed by atoms with van der Waals surface area (Å²) >= 11 is 0.358. The molecule has 164 valence electrons. The number of thiophene rings is 1. The molecule has 1 aromatic carbocycles. The van der Waals surface area contributed by atoms with Crippen molar-refractivity contribution in [2.24, 2.45) is 5.73 Å². The Labute approximate surface area is 172 Å². The minimum absolute atomic E-state index is 0.0434. The van der Waals surface area contributed by atoms with E-state index in [2.05, 4.69) is 5.32 Å². The number of nitrogens with two attached hydrogens (primary N) is 1. The molecule has 0 unspecified atom stereocenters. The SMILES string of the molecule is Cc1c(S(=O)(=O)c2ccc(C(F)(F)F)cc2F)sc(NC(=O)C(C)(C)O)c1C(N)=O. The van der Waals surface area contributed by atoms with E-state index in [1.54, 1.807) is 0 Å². The molecule has 0 saturated carbocycles. The summed E-state index contributed by atoms with van der Waals surface area (Å²) in [5, 5.41) is 11.6. The van der Waals surface area contributed by atoms with Gasteiger partial charge in [-0.2, -0.15) is 13.2 Å². The maximum absolute atomic E-state index is 14.3. The Hall–Kier alpha value is -2.51. The predicted molar refractivity (Wildman–Crippen MR) is 99.4 cm³/mol. The molecule has 2 rings (SSSR count). The number of primary amides is 1. The highest BCUT2D eigenvalue weighted by Crippen LogP contribution is 2.40. The number of sulfone groups is 1. The van der Waals surface area contributed by atoms with E-state index in [0.717, 1.165) is 13.8 Å². The van der Waals surface area contributed by atoms with Crippen molar-refractivity contribution in [1.82, 2.24) is 0 Å². The molecule has 1 heterocycles. The number of alkyl halides is 3. The fourth-order valence-corrected chi connectivity index (χ4v) is 5.55. The standard InChI is InChI=1S/C17H16F4N2O5S2/c1-7-11(12(22)24)13(23-15(25)16(2,3)26)29-14(7)30(27,28)10-5-4-8(6-9(10)18)17(19,20)21/h4-6,26H,1-3H3,(H2,22,24)(H,23,25). The second-order valence-corrected chi connectivity index (χ2v) is 9.88. The van der Waals surface area contributed by atoms with Crippen LogP contribution < -0.4 is 11.1 Å². The van der Waals surface area contributed by atoms with E-state index in [1.807, 2.05) is 0 Å². The summed E-state index contributed by atoms with van der Waals surface area (Å²) in [6.07, 6.45) is -4.88. The number of hydrogen-bond acceptors (Lipinski definition) is 6. The molecule has 0 aliphatic rings. The van der Waals surface area contributed by atoms with Crippen LogP contribution >= 0.6 is 11.3 Å². The van der Waals surface area contributed by atoms with E-state index in [9.17, 15) is 40.7 Å². The number of rotatable bonds is 5. The number of aliphatic hydroxyl groups is 1. The monoisotopic (exact) mass is 468 g/mol. The van der Waals surface area contributed by atoms with Gasteiger partial charge in [0, 0.05) is 0 Å². The van der Waals surface area contributed by atoms with Crippen molar-refractivity contribution >= 4 is 38.0 Å². The maximum Gasteiger partial charge on any atom is 0.416 e. The van der Waals surface area contributed by atoms with Crippen LogP contribution in [-0.4, -0.2) is 30.9 Å². The lowest BCUT2D eigenvalue weighted by atomic mass is 10.1. The first kappa shape index (κ1) is 23.8. The largest absolute Gasteiger partial charge is 0.416 e. The number of amides is 2. The normalized spacial score (nSPS) is 12.7. The van der Waals surface area contributed by atoms with E-state index in [4.69, 9.17) is 5.73 Å². The van der Waals surface area contributed by atoms with Gasteiger partial charge >= 0.3 is 6.18 Å². The van der Waals surface area contributed by atoms with Crippen molar-refractivity contribution in [2.45, 2.75) is 41.7 Å². The summed E-state index contributed by atoms with van der Waals surface area (Å²) in [4.78, 5) is 22.8. The molecule has 0 spiro atoms. The molecule has 0 fully saturated rings. The number of halogens is 4.